The summed E-state index contributed by atoms with van der Waals surface area (Å²) >= 11 is 0. The zero-order valence-electron chi connectivity index (χ0n) is 15.2. The Kier molecular flexibility index (Phi) is 7.00. The van der Waals surface area contributed by atoms with Gasteiger partial charge in [-0.3, -0.25) is 0 Å². The Hall–Kier alpha value is -2.57. The van der Waals surface area contributed by atoms with Gasteiger partial charge in [0.1, 0.15) is 18.1 Å². The second-order valence-corrected chi connectivity index (χ2v) is 6.05. The molecule has 140 valence electrons. The molecule has 26 heavy (non-hydrogen) atoms. The van der Waals surface area contributed by atoms with Crippen molar-refractivity contribution in [3.8, 4) is 11.5 Å². The van der Waals surface area contributed by atoms with E-state index in [-0.39, 0.29) is 13.2 Å². The lowest BCUT2D eigenvalue weighted by atomic mass is 10.1. The largest absolute Gasteiger partial charge is 0.489 e. The summed E-state index contributed by atoms with van der Waals surface area (Å²) in [5, 5.41) is 0. The van der Waals surface area contributed by atoms with Crippen LogP contribution in [0, 0.1) is 0 Å². The molecular formula is C20H26N2O4. The predicted molar refractivity (Wildman–Crippen MR) is 99.8 cm³/mol. The number of hydrogen-bond donors (Lipinski definition) is 2. The highest BCUT2D eigenvalue weighted by molar-refractivity contribution is 5.79. The number of ether oxygens (including phenoxy) is 3. The van der Waals surface area contributed by atoms with Crippen molar-refractivity contribution in [1.82, 2.24) is 0 Å². The van der Waals surface area contributed by atoms with Crippen LogP contribution in [0.5, 0.6) is 11.5 Å². The third-order valence-electron chi connectivity index (χ3n) is 3.83. The Balaban J connectivity index is 2.18. The van der Waals surface area contributed by atoms with Crippen molar-refractivity contribution in [3.05, 3.63) is 59.7 Å². The van der Waals surface area contributed by atoms with Crippen molar-refractivity contribution in [2.24, 2.45) is 11.5 Å². The first-order valence-electron chi connectivity index (χ1n) is 8.57. The van der Waals surface area contributed by atoms with E-state index in [1.165, 1.54) is 0 Å². The Morgan fingerprint density at radius 1 is 1.00 bits per heavy atom. The van der Waals surface area contributed by atoms with Crippen LogP contribution in [0.25, 0.3) is 0 Å². The first-order valence-corrected chi connectivity index (χ1v) is 8.57. The van der Waals surface area contributed by atoms with E-state index >= 15 is 0 Å². The maximum absolute atomic E-state index is 12.5. The van der Waals surface area contributed by atoms with Crippen LogP contribution >= 0.6 is 0 Å². The van der Waals surface area contributed by atoms with E-state index in [9.17, 15) is 4.79 Å². The second-order valence-electron chi connectivity index (χ2n) is 6.05. The van der Waals surface area contributed by atoms with E-state index in [2.05, 4.69) is 0 Å². The minimum absolute atomic E-state index is 0.00723. The van der Waals surface area contributed by atoms with E-state index in [0.29, 0.717) is 24.6 Å². The lowest BCUT2D eigenvalue weighted by Gasteiger charge is -2.28. The molecule has 6 heteroatoms. The van der Waals surface area contributed by atoms with Gasteiger partial charge in [-0.05, 0) is 49.2 Å². The summed E-state index contributed by atoms with van der Waals surface area (Å²) in [4.78, 5) is 12.5. The van der Waals surface area contributed by atoms with Gasteiger partial charge < -0.3 is 25.7 Å². The normalized spacial score (nSPS) is 12.9. The van der Waals surface area contributed by atoms with Gasteiger partial charge in [-0.1, -0.05) is 24.3 Å². The van der Waals surface area contributed by atoms with Gasteiger partial charge in [-0.25, -0.2) is 4.79 Å². The molecule has 0 aliphatic carbocycles. The molecule has 0 amide bonds. The Morgan fingerprint density at radius 3 is 2.15 bits per heavy atom. The van der Waals surface area contributed by atoms with E-state index < -0.39 is 11.6 Å². The zero-order valence-corrected chi connectivity index (χ0v) is 15.2. The zero-order chi connectivity index (χ0) is 19.0. The molecule has 0 bridgehead atoms. The second kappa shape index (κ2) is 9.22. The highest BCUT2D eigenvalue weighted by atomic mass is 16.6. The summed E-state index contributed by atoms with van der Waals surface area (Å²) in [5.41, 5.74) is 11.9. The van der Waals surface area contributed by atoms with Crippen molar-refractivity contribution >= 4 is 5.97 Å². The molecule has 0 saturated carbocycles. The molecule has 2 rings (SSSR count). The predicted octanol–water partition coefficient (Wildman–Crippen LogP) is 2.38. The average molecular weight is 358 g/mol. The molecule has 6 nitrogen and oxygen atoms in total. The van der Waals surface area contributed by atoms with Crippen LogP contribution in [0.3, 0.4) is 0 Å². The first-order chi connectivity index (χ1) is 12.5. The van der Waals surface area contributed by atoms with Crippen LogP contribution < -0.4 is 20.9 Å². The number of hydrogen-bond acceptors (Lipinski definition) is 6. The van der Waals surface area contributed by atoms with Gasteiger partial charge in [0.05, 0.1) is 6.61 Å². The molecule has 0 fully saturated rings. The van der Waals surface area contributed by atoms with Crippen LogP contribution in [0.1, 0.15) is 25.0 Å². The maximum Gasteiger partial charge on any atom is 0.353 e. The summed E-state index contributed by atoms with van der Waals surface area (Å²) in [6, 6.07) is 14.7. The van der Waals surface area contributed by atoms with Gasteiger partial charge >= 0.3 is 5.97 Å². The number of carbonyl (C=O) groups is 1. The fraction of sp³-hybridized carbons (Fsp3) is 0.350. The van der Waals surface area contributed by atoms with Crippen molar-refractivity contribution < 1.29 is 19.0 Å². The monoisotopic (exact) mass is 358 g/mol. The molecule has 2 aromatic carbocycles. The summed E-state index contributed by atoms with van der Waals surface area (Å²) < 4.78 is 16.9. The Morgan fingerprint density at radius 2 is 1.58 bits per heavy atom. The van der Waals surface area contributed by atoms with Gasteiger partial charge in [-0.2, -0.15) is 0 Å². The number of benzene rings is 2. The Labute approximate surface area is 154 Å². The molecule has 1 unspecified atom stereocenters. The molecule has 0 heterocycles. The number of esters is 1. The van der Waals surface area contributed by atoms with Crippen LogP contribution in [0.15, 0.2) is 48.5 Å². The van der Waals surface area contributed by atoms with E-state index in [1.54, 1.807) is 32.0 Å². The fourth-order valence-corrected chi connectivity index (χ4v) is 2.39. The van der Waals surface area contributed by atoms with Gasteiger partial charge in [0.2, 0.25) is 5.60 Å². The van der Waals surface area contributed by atoms with Gasteiger partial charge in [-0.15, -0.1) is 0 Å². The molecule has 0 saturated heterocycles. The molecule has 0 aromatic heterocycles. The number of carbonyl (C=O) groups excluding carboxylic acids is 1. The van der Waals surface area contributed by atoms with Crippen molar-refractivity contribution in [3.63, 3.8) is 0 Å². The minimum atomic E-state index is -1.30. The van der Waals surface area contributed by atoms with Crippen LogP contribution in [0.2, 0.25) is 0 Å². The van der Waals surface area contributed by atoms with Crippen molar-refractivity contribution in [2.75, 3.05) is 13.2 Å². The number of nitrogens with two attached hydrogens (primary N) is 2. The van der Waals surface area contributed by atoms with E-state index in [4.69, 9.17) is 25.7 Å². The third-order valence-corrected chi connectivity index (χ3v) is 3.83. The molecule has 1 atom stereocenters. The van der Waals surface area contributed by atoms with E-state index in [0.717, 1.165) is 11.1 Å². The lowest BCUT2D eigenvalue weighted by Crippen LogP contribution is -2.48. The van der Waals surface area contributed by atoms with Crippen LogP contribution in [-0.4, -0.2) is 24.8 Å². The molecule has 0 radical (unpaired) electrons. The van der Waals surface area contributed by atoms with Gasteiger partial charge in [0.25, 0.3) is 0 Å². The summed E-state index contributed by atoms with van der Waals surface area (Å²) in [6.07, 6.45) is 0. The van der Waals surface area contributed by atoms with Gasteiger partial charge in [0.15, 0.2) is 0 Å². The minimum Gasteiger partial charge on any atom is -0.489 e. The van der Waals surface area contributed by atoms with Crippen LogP contribution in [0.4, 0.5) is 0 Å². The third kappa shape index (κ3) is 5.21. The number of rotatable bonds is 9. The molecule has 0 aliphatic heterocycles. The maximum atomic E-state index is 12.5. The van der Waals surface area contributed by atoms with Crippen molar-refractivity contribution in [2.45, 2.75) is 32.5 Å². The fourth-order valence-electron chi connectivity index (χ4n) is 2.39. The smallest absolute Gasteiger partial charge is 0.353 e. The highest BCUT2D eigenvalue weighted by Gasteiger charge is 2.39. The summed E-state index contributed by atoms with van der Waals surface area (Å²) in [5.74, 6) is 0.652. The first kappa shape index (κ1) is 19.8. The van der Waals surface area contributed by atoms with Gasteiger partial charge in [0, 0.05) is 13.1 Å². The standard InChI is InChI=1S/C20H26N2O4/c1-3-24-19(23)20(2,26-18-9-5-7-16(11-18)13-22)14-25-17-8-4-6-15(10-17)12-21/h4-11H,3,12-14,21-22H2,1-2H3. The van der Waals surface area contributed by atoms with E-state index in [1.807, 2.05) is 30.3 Å². The Bertz CT molecular complexity index is 735. The highest BCUT2D eigenvalue weighted by Crippen LogP contribution is 2.23. The van der Waals surface area contributed by atoms with Crippen LogP contribution in [-0.2, 0) is 22.6 Å². The molecule has 0 spiro atoms. The molecule has 4 N–H and O–H groups in total. The van der Waals surface area contributed by atoms with Crippen molar-refractivity contribution in [1.29, 1.82) is 0 Å². The summed E-state index contributed by atoms with van der Waals surface area (Å²) in [6.45, 7) is 4.44. The summed E-state index contributed by atoms with van der Waals surface area (Å²) in [7, 11) is 0. The quantitative estimate of drug-likeness (QED) is 0.668. The molecular weight excluding hydrogens is 332 g/mol. The lowest BCUT2D eigenvalue weighted by molar-refractivity contribution is -0.162. The average Bonchev–Trinajstić information content (AvgIpc) is 2.67. The topological polar surface area (TPSA) is 96.8 Å². The molecule has 2 aromatic rings. The SMILES string of the molecule is CCOC(=O)C(C)(COc1cccc(CN)c1)Oc1cccc(CN)c1. The molecule has 0 aliphatic rings.